The quantitative estimate of drug-likeness (QED) is 0.587. The fraction of sp³-hybridized carbons (Fsp3) is 0.923. The molecule has 0 aliphatic carbocycles. The first-order chi connectivity index (χ1) is 7.33. The SMILES string of the molecule is CC#N.CCCCCCCCCCCN. The van der Waals surface area contributed by atoms with E-state index in [0.717, 1.165) is 6.54 Å². The van der Waals surface area contributed by atoms with Crippen LogP contribution >= 0.6 is 0 Å². The molecular formula is C13H28N2. The summed E-state index contributed by atoms with van der Waals surface area (Å²) in [5.74, 6) is 0. The minimum atomic E-state index is 0.871. The number of nitrogens with two attached hydrogens (primary N) is 1. The first-order valence-electron chi connectivity index (χ1n) is 6.34. The summed E-state index contributed by atoms with van der Waals surface area (Å²) in [7, 11) is 0. The van der Waals surface area contributed by atoms with E-state index in [9.17, 15) is 0 Å². The Morgan fingerprint density at radius 2 is 1.20 bits per heavy atom. The van der Waals surface area contributed by atoms with Gasteiger partial charge in [0.05, 0.1) is 6.07 Å². The number of hydrogen-bond acceptors (Lipinski definition) is 2. The summed E-state index contributed by atoms with van der Waals surface area (Å²) in [6, 6.07) is 1.75. The van der Waals surface area contributed by atoms with E-state index in [0.29, 0.717) is 0 Å². The lowest BCUT2D eigenvalue weighted by Gasteiger charge is -1.99. The molecule has 0 aromatic carbocycles. The second kappa shape index (κ2) is 19.1. The van der Waals surface area contributed by atoms with Crippen LogP contribution in [0.4, 0.5) is 0 Å². The molecule has 15 heavy (non-hydrogen) atoms. The zero-order valence-corrected chi connectivity index (χ0v) is 10.6. The molecular weight excluding hydrogens is 184 g/mol. The van der Waals surface area contributed by atoms with Crippen molar-refractivity contribution in [1.82, 2.24) is 0 Å². The third-order valence-corrected chi connectivity index (χ3v) is 2.31. The Balaban J connectivity index is 0. The van der Waals surface area contributed by atoms with E-state index in [-0.39, 0.29) is 0 Å². The number of nitriles is 1. The van der Waals surface area contributed by atoms with Crippen LogP contribution in [0.25, 0.3) is 0 Å². The van der Waals surface area contributed by atoms with Gasteiger partial charge in [-0.1, -0.05) is 58.3 Å². The van der Waals surface area contributed by atoms with Gasteiger partial charge >= 0.3 is 0 Å². The summed E-state index contributed by atoms with van der Waals surface area (Å²) >= 11 is 0. The van der Waals surface area contributed by atoms with E-state index in [2.05, 4.69) is 6.92 Å². The van der Waals surface area contributed by atoms with Crippen molar-refractivity contribution in [2.24, 2.45) is 5.73 Å². The van der Waals surface area contributed by atoms with Crippen LogP contribution in [-0.2, 0) is 0 Å². The van der Waals surface area contributed by atoms with Crippen molar-refractivity contribution in [2.75, 3.05) is 6.54 Å². The smallest absolute Gasteiger partial charge is 0.0587 e. The van der Waals surface area contributed by atoms with E-state index in [1.165, 1.54) is 64.7 Å². The predicted octanol–water partition coefficient (Wildman–Crippen LogP) is 4.01. The van der Waals surface area contributed by atoms with Crippen molar-refractivity contribution in [3.8, 4) is 6.07 Å². The standard InChI is InChI=1S/C11H25N.C2H3N/c1-2-3-4-5-6-7-8-9-10-11-12;1-2-3/h2-12H2,1H3;1H3. The van der Waals surface area contributed by atoms with E-state index in [1.54, 1.807) is 6.07 Å². The van der Waals surface area contributed by atoms with Gasteiger partial charge in [-0.3, -0.25) is 0 Å². The molecule has 0 aliphatic heterocycles. The summed E-state index contributed by atoms with van der Waals surface area (Å²) < 4.78 is 0. The Labute approximate surface area is 95.9 Å². The molecule has 2 N–H and O–H groups in total. The molecule has 0 saturated carbocycles. The van der Waals surface area contributed by atoms with Crippen LogP contribution in [0.1, 0.15) is 71.6 Å². The van der Waals surface area contributed by atoms with Gasteiger partial charge in [-0.25, -0.2) is 0 Å². The monoisotopic (exact) mass is 212 g/mol. The summed E-state index contributed by atoms with van der Waals surface area (Å²) in [6.07, 6.45) is 12.5. The van der Waals surface area contributed by atoms with Crippen molar-refractivity contribution < 1.29 is 0 Å². The molecule has 0 aliphatic rings. The van der Waals surface area contributed by atoms with Gasteiger partial charge in [-0.15, -0.1) is 0 Å². The minimum absolute atomic E-state index is 0.871. The van der Waals surface area contributed by atoms with Crippen molar-refractivity contribution >= 4 is 0 Å². The van der Waals surface area contributed by atoms with Crippen molar-refractivity contribution in [1.29, 1.82) is 5.26 Å². The predicted molar refractivity (Wildman–Crippen MR) is 67.6 cm³/mol. The molecule has 0 fully saturated rings. The van der Waals surface area contributed by atoms with Crippen LogP contribution in [0.2, 0.25) is 0 Å². The Kier molecular flexibility index (Phi) is 21.5. The third kappa shape index (κ3) is 24.7. The highest BCUT2D eigenvalue weighted by molar-refractivity contribution is 4.51. The average Bonchev–Trinajstić information content (AvgIpc) is 2.23. The lowest BCUT2D eigenvalue weighted by Crippen LogP contribution is -1.97. The average molecular weight is 212 g/mol. The molecule has 0 radical (unpaired) electrons. The molecule has 0 unspecified atom stereocenters. The molecule has 0 amide bonds. The minimum Gasteiger partial charge on any atom is -0.330 e. The van der Waals surface area contributed by atoms with Crippen LogP contribution in [0.3, 0.4) is 0 Å². The lowest BCUT2D eigenvalue weighted by molar-refractivity contribution is 0.567. The van der Waals surface area contributed by atoms with Gasteiger partial charge in [-0.05, 0) is 13.0 Å². The van der Waals surface area contributed by atoms with Crippen LogP contribution in [0.5, 0.6) is 0 Å². The lowest BCUT2D eigenvalue weighted by atomic mass is 10.1. The zero-order valence-electron chi connectivity index (χ0n) is 10.6. The van der Waals surface area contributed by atoms with Gasteiger partial charge in [0, 0.05) is 6.92 Å². The summed E-state index contributed by atoms with van der Waals surface area (Å²) in [4.78, 5) is 0. The molecule has 2 heteroatoms. The molecule has 0 saturated heterocycles. The van der Waals surface area contributed by atoms with Gasteiger partial charge in [0.25, 0.3) is 0 Å². The van der Waals surface area contributed by atoms with Crippen LogP contribution in [0.15, 0.2) is 0 Å². The molecule has 0 aromatic rings. The van der Waals surface area contributed by atoms with E-state index in [1.807, 2.05) is 0 Å². The van der Waals surface area contributed by atoms with Gasteiger partial charge in [0.15, 0.2) is 0 Å². The van der Waals surface area contributed by atoms with E-state index < -0.39 is 0 Å². The summed E-state index contributed by atoms with van der Waals surface area (Å²) in [6.45, 7) is 4.57. The van der Waals surface area contributed by atoms with Crippen LogP contribution in [0, 0.1) is 11.3 Å². The van der Waals surface area contributed by atoms with E-state index >= 15 is 0 Å². The molecule has 0 heterocycles. The number of hydrogen-bond donors (Lipinski definition) is 1. The molecule has 0 atom stereocenters. The second-order valence-corrected chi connectivity index (χ2v) is 3.84. The van der Waals surface area contributed by atoms with Crippen LogP contribution < -0.4 is 5.73 Å². The molecule has 0 bridgehead atoms. The topological polar surface area (TPSA) is 49.8 Å². The van der Waals surface area contributed by atoms with Crippen molar-refractivity contribution in [3.05, 3.63) is 0 Å². The normalized spacial score (nSPS) is 8.93. The highest BCUT2D eigenvalue weighted by Gasteiger charge is 1.90. The van der Waals surface area contributed by atoms with Gasteiger partial charge in [-0.2, -0.15) is 5.26 Å². The molecule has 0 aromatic heterocycles. The van der Waals surface area contributed by atoms with Gasteiger partial charge in [0.2, 0.25) is 0 Å². The first-order valence-corrected chi connectivity index (χ1v) is 6.34. The Morgan fingerprint density at radius 3 is 1.53 bits per heavy atom. The van der Waals surface area contributed by atoms with E-state index in [4.69, 9.17) is 11.0 Å². The molecule has 90 valence electrons. The maximum Gasteiger partial charge on any atom is 0.0587 e. The highest BCUT2D eigenvalue weighted by Crippen LogP contribution is 2.08. The maximum absolute atomic E-state index is 7.32. The van der Waals surface area contributed by atoms with Gasteiger partial charge in [0.1, 0.15) is 0 Å². The Bertz CT molecular complexity index is 117. The van der Waals surface area contributed by atoms with Crippen molar-refractivity contribution in [2.45, 2.75) is 71.6 Å². The second-order valence-electron chi connectivity index (χ2n) is 3.84. The highest BCUT2D eigenvalue weighted by atomic mass is 14.5. The molecule has 0 rings (SSSR count). The largest absolute Gasteiger partial charge is 0.330 e. The molecule has 0 spiro atoms. The maximum atomic E-state index is 7.32. The summed E-state index contributed by atoms with van der Waals surface area (Å²) in [5.41, 5.74) is 5.41. The fourth-order valence-corrected chi connectivity index (χ4v) is 1.45. The Hall–Kier alpha value is -0.550. The van der Waals surface area contributed by atoms with Crippen molar-refractivity contribution in [3.63, 3.8) is 0 Å². The number of rotatable bonds is 9. The summed E-state index contributed by atoms with van der Waals surface area (Å²) in [5, 5.41) is 7.32. The first kappa shape index (κ1) is 16.9. The zero-order chi connectivity index (χ0) is 11.8. The fourth-order valence-electron chi connectivity index (χ4n) is 1.45. The third-order valence-electron chi connectivity index (χ3n) is 2.31. The Morgan fingerprint density at radius 1 is 0.867 bits per heavy atom. The van der Waals surface area contributed by atoms with Gasteiger partial charge < -0.3 is 5.73 Å². The number of nitrogens with zero attached hydrogens (tertiary/aromatic N) is 1. The molecule has 2 nitrogen and oxygen atoms in total. The number of unbranched alkanes of at least 4 members (excludes halogenated alkanes) is 8. The van der Waals surface area contributed by atoms with Crippen LogP contribution in [-0.4, -0.2) is 6.54 Å².